The number of rotatable bonds is 39. The lowest BCUT2D eigenvalue weighted by Crippen LogP contribution is -2.60. The van der Waals surface area contributed by atoms with Gasteiger partial charge in [0.2, 0.25) is 59.1 Å². The molecule has 10 rings (SSSR count). The van der Waals surface area contributed by atoms with Crippen molar-refractivity contribution in [2.24, 2.45) is 72.5 Å². The molecule has 4 aromatic rings. The van der Waals surface area contributed by atoms with Gasteiger partial charge in [-0.2, -0.15) is 0 Å². The van der Waals surface area contributed by atoms with Crippen LogP contribution in [0, 0.1) is 23.2 Å². The zero-order chi connectivity index (χ0) is 77.6. The summed E-state index contributed by atoms with van der Waals surface area (Å²) >= 11 is 1.24. The van der Waals surface area contributed by atoms with Crippen LogP contribution in [0.15, 0.2) is 105 Å². The second-order valence-electron chi connectivity index (χ2n) is 29.2. The number of hydrogen-bond donors (Lipinski definition) is 17. The molecule has 0 spiro atoms. The number of hydrogen-bond acceptors (Lipinski definition) is 17. The molecular weight excluding hydrogens is 1410 g/mol. The van der Waals surface area contributed by atoms with E-state index in [2.05, 4.69) is 57.5 Å². The summed E-state index contributed by atoms with van der Waals surface area (Å²) in [7, 11) is 0. The van der Waals surface area contributed by atoms with E-state index in [1.807, 2.05) is 36.4 Å². The SMILES string of the molecule is NC(N)=NCCC[C@H](NC(=O)[C@H](Cc1ccc2ccccc2c1)NC(=O)[C@@H](Cc1ccccc1)NC(=O)[C@H](CO)NC(=O)[C@H](Cc1cccs1)NC(=O)CNC(=O)[C@@H]1C[C@@H](O)CN1C(=O)[C@@H]1CCCN1C(=O)[C@H](CCCN=C(N)N)NC(=O)[C@@H](CCCN=C(N)N)NC(=O)CC12CC3CC(CC(C3)C1)C2)C(=O)O. The summed E-state index contributed by atoms with van der Waals surface area (Å²) in [6.45, 7) is -1.66. The predicted molar refractivity (Wildman–Crippen MR) is 403 cm³/mol. The summed E-state index contributed by atoms with van der Waals surface area (Å²) in [5.74, 6) is -7.81. The molecule has 23 N–H and O–H groups in total. The lowest BCUT2D eigenvalue weighted by atomic mass is 9.49. The highest BCUT2D eigenvalue weighted by Crippen LogP contribution is 2.61. The number of fused-ring (bicyclic) bond motifs is 1. The average Bonchev–Trinajstić information content (AvgIpc) is 0.967. The molecule has 4 aliphatic carbocycles. The Labute approximate surface area is 629 Å². The standard InChI is InChI=1S/C74H103N19O14S/c75-71(76)81-22-6-16-51(85-60(96)38-74-35-44-27-45(36-74)29-46(28-44)37-74)62(98)87-52(17-7-23-82-72(77)78)68(104)92-25-9-19-58(92)69(105)93-40-49(95)33-59(93)67(103)84-39-61(97)86-56(34-50-15-10-26-108-50)65(101)91-57(41-94)66(102)90-54(31-42-11-2-1-3-12-42)64(100)89-55(32-43-20-21-47-13-4-5-14-48(47)30-43)63(99)88-53(70(106)107)18-8-24-83-73(79)80/h1-5,10-15,20-21,26,30,44-46,49,51-59,94-95H,6-9,16-19,22-25,27-29,31-41H2,(H,84,103)(H,85,96)(H,86,97)(H,87,98)(H,88,99)(H,89,100)(H,90,102)(H,91,101)(H,106,107)(H4,75,76,81)(H4,77,78,82)(H4,79,80,83)/t44?,45?,46?,49-,51-,52+,53+,54-,55+,56+,57+,58+,59+,74?/m1/s1. The highest BCUT2D eigenvalue weighted by molar-refractivity contribution is 7.09. The molecule has 1 aromatic heterocycles. The topological polar surface area (TPSA) is 544 Å². The smallest absolute Gasteiger partial charge is 0.326 e. The number of β-amino-alcohol motifs (C(OH)–C–C–N with tert-alkyl or cyclic N) is 1. The highest BCUT2D eigenvalue weighted by atomic mass is 32.1. The van der Waals surface area contributed by atoms with E-state index >= 15 is 0 Å². The van der Waals surface area contributed by atoms with Gasteiger partial charge in [-0.3, -0.25) is 62.9 Å². The molecule has 0 unspecified atom stereocenters. The van der Waals surface area contributed by atoms with Crippen LogP contribution in [0.1, 0.15) is 119 Å². The van der Waals surface area contributed by atoms with Crippen LogP contribution in [0.5, 0.6) is 0 Å². The summed E-state index contributed by atoms with van der Waals surface area (Å²) < 4.78 is 0. The highest BCUT2D eigenvalue weighted by Gasteiger charge is 2.52. The number of guanidine groups is 3. The quantitative estimate of drug-likeness (QED) is 0.0134. The van der Waals surface area contributed by atoms with Gasteiger partial charge in [-0.1, -0.05) is 78.9 Å². The number of nitrogens with two attached hydrogens (primary N) is 6. The maximum atomic E-state index is 14.9. The zero-order valence-electron chi connectivity index (χ0n) is 60.5. The largest absolute Gasteiger partial charge is 0.480 e. The maximum Gasteiger partial charge on any atom is 0.326 e. The van der Waals surface area contributed by atoms with Gasteiger partial charge in [-0.25, -0.2) is 4.79 Å². The molecule has 108 heavy (non-hydrogen) atoms. The van der Waals surface area contributed by atoms with Crippen molar-refractivity contribution in [2.75, 3.05) is 45.9 Å². The van der Waals surface area contributed by atoms with E-state index in [9.17, 15) is 68.1 Å². The average molecular weight is 1510 g/mol. The van der Waals surface area contributed by atoms with Crippen LogP contribution in [0.25, 0.3) is 10.8 Å². The van der Waals surface area contributed by atoms with E-state index in [-0.39, 0.29) is 133 Å². The molecular formula is C74H103N19O14S. The number of thiophene rings is 1. The molecule has 6 aliphatic rings. The van der Waals surface area contributed by atoms with E-state index in [0.29, 0.717) is 46.6 Å². The fraction of sp³-hybridized carbons (Fsp3) is 0.541. The van der Waals surface area contributed by atoms with Crippen molar-refractivity contribution in [1.29, 1.82) is 0 Å². The Kier molecular flexibility index (Phi) is 29.4. The van der Waals surface area contributed by atoms with Crippen molar-refractivity contribution >= 4 is 105 Å². The van der Waals surface area contributed by atoms with Gasteiger partial charge in [0, 0.05) is 69.7 Å². The lowest BCUT2D eigenvalue weighted by molar-refractivity contribution is -0.148. The molecule has 3 aromatic carbocycles. The van der Waals surface area contributed by atoms with Gasteiger partial charge in [0.05, 0.1) is 19.3 Å². The first-order valence-electron chi connectivity index (χ1n) is 36.9. The number of nitrogens with zero attached hydrogens (tertiary/aromatic N) is 5. The first-order chi connectivity index (χ1) is 51.7. The fourth-order valence-electron chi connectivity index (χ4n) is 16.2. The van der Waals surface area contributed by atoms with E-state index in [4.69, 9.17) is 34.4 Å². The van der Waals surface area contributed by atoms with Crippen molar-refractivity contribution in [3.8, 4) is 0 Å². The Morgan fingerprint density at radius 3 is 1.61 bits per heavy atom. The Bertz CT molecular complexity index is 3890. The summed E-state index contributed by atoms with van der Waals surface area (Å²) in [5, 5.41) is 56.7. The Morgan fingerprint density at radius 2 is 1.04 bits per heavy atom. The zero-order valence-corrected chi connectivity index (χ0v) is 61.3. The number of aliphatic hydroxyl groups excluding tert-OH is 2. The number of aliphatic imine (C=N–C) groups is 3. The first kappa shape index (κ1) is 81.6. The second kappa shape index (κ2) is 38.9. The number of aliphatic carboxylic acids is 1. The third-order valence-electron chi connectivity index (χ3n) is 20.8. The number of aliphatic hydroxyl groups is 2. The van der Waals surface area contributed by atoms with Crippen molar-refractivity contribution in [1.82, 2.24) is 52.3 Å². The second-order valence-corrected chi connectivity index (χ2v) is 30.2. The molecule has 33 nitrogen and oxygen atoms in total. The molecule has 6 fully saturated rings. The van der Waals surface area contributed by atoms with Gasteiger partial charge in [-0.15, -0.1) is 11.3 Å². The molecule has 34 heteroatoms. The van der Waals surface area contributed by atoms with Gasteiger partial charge in [0.15, 0.2) is 17.9 Å². The van der Waals surface area contributed by atoms with E-state index in [1.54, 1.807) is 53.9 Å². The number of carboxylic acid groups (broad SMARTS) is 1. The number of amides is 10. The van der Waals surface area contributed by atoms with Crippen molar-refractivity contribution in [2.45, 2.75) is 182 Å². The molecule has 10 amide bonds. The van der Waals surface area contributed by atoms with Crippen molar-refractivity contribution < 1.29 is 68.1 Å². The Morgan fingerprint density at radius 1 is 0.528 bits per heavy atom. The monoisotopic (exact) mass is 1510 g/mol. The van der Waals surface area contributed by atoms with Gasteiger partial charge in [-0.05, 0) is 146 Å². The van der Waals surface area contributed by atoms with Crippen LogP contribution in [-0.2, 0) is 72.0 Å². The van der Waals surface area contributed by atoms with E-state index in [1.165, 1.54) is 35.5 Å². The minimum absolute atomic E-state index is 0.0196. The summed E-state index contributed by atoms with van der Waals surface area (Å²) in [4.78, 5) is 172. The number of carbonyl (C=O) groups is 11. The minimum atomic E-state index is -1.76. The summed E-state index contributed by atoms with van der Waals surface area (Å²) in [6.07, 6.45) is 6.14. The number of benzene rings is 3. The van der Waals surface area contributed by atoms with Gasteiger partial charge in [0.1, 0.15) is 54.4 Å². The minimum Gasteiger partial charge on any atom is -0.480 e. The maximum absolute atomic E-state index is 14.9. The van der Waals surface area contributed by atoms with Gasteiger partial charge in [0.25, 0.3) is 0 Å². The summed E-state index contributed by atoms with van der Waals surface area (Å²) in [5.41, 5.74) is 34.4. The molecule has 2 saturated heterocycles. The molecule has 4 bridgehead atoms. The third kappa shape index (κ3) is 23.5. The molecule has 10 atom stereocenters. The first-order valence-corrected chi connectivity index (χ1v) is 37.8. The number of nitrogens with one attached hydrogen (secondary N) is 8. The van der Waals surface area contributed by atoms with Crippen LogP contribution in [0.4, 0.5) is 0 Å². The Balaban J connectivity index is 0.844. The molecule has 0 radical (unpaired) electrons. The van der Waals surface area contributed by atoms with Crippen LogP contribution in [0.2, 0.25) is 0 Å². The van der Waals surface area contributed by atoms with Gasteiger partial charge < -0.3 is 102 Å². The van der Waals surface area contributed by atoms with Crippen LogP contribution in [0.3, 0.4) is 0 Å². The van der Waals surface area contributed by atoms with E-state index < -0.39 is 133 Å². The number of likely N-dealkylation sites (tertiary alicyclic amines) is 2. The van der Waals surface area contributed by atoms with E-state index in [0.717, 1.165) is 34.9 Å². The van der Waals surface area contributed by atoms with Crippen molar-refractivity contribution in [3.05, 3.63) is 106 Å². The fourth-order valence-corrected chi connectivity index (χ4v) is 16.9. The third-order valence-corrected chi connectivity index (χ3v) is 21.7. The molecule has 584 valence electrons. The molecule has 3 heterocycles. The lowest BCUT2D eigenvalue weighted by Gasteiger charge is -2.56. The van der Waals surface area contributed by atoms with Crippen LogP contribution < -0.4 is 76.9 Å². The van der Waals surface area contributed by atoms with Gasteiger partial charge >= 0.3 is 5.97 Å². The molecule has 2 aliphatic heterocycles. The van der Waals surface area contributed by atoms with Crippen LogP contribution in [-0.4, -0.2) is 214 Å². The number of carboxylic acids is 1. The molecule has 4 saturated carbocycles. The normalized spacial score (nSPS) is 21.6. The van der Waals surface area contributed by atoms with Crippen molar-refractivity contribution in [3.63, 3.8) is 0 Å². The number of carbonyl (C=O) groups excluding carboxylic acids is 10. The Hall–Kier alpha value is -10.5. The summed E-state index contributed by atoms with van der Waals surface area (Å²) in [6, 6.07) is 12.4. The van der Waals surface area contributed by atoms with Crippen LogP contribution >= 0.6 is 11.3 Å². The predicted octanol–water partition coefficient (Wildman–Crippen LogP) is -1.76.